The molecule has 0 amide bonds. The van der Waals surface area contributed by atoms with Crippen LogP contribution in [0.2, 0.25) is 5.02 Å². The summed E-state index contributed by atoms with van der Waals surface area (Å²) in [6, 6.07) is 14.3. The molecule has 4 nitrogen and oxygen atoms in total. The van der Waals surface area contributed by atoms with E-state index in [1.54, 1.807) is 18.3 Å². The Morgan fingerprint density at radius 3 is 2.72 bits per heavy atom. The number of nitrogens with one attached hydrogen (secondary N) is 1. The summed E-state index contributed by atoms with van der Waals surface area (Å²) in [6.45, 7) is 0.243. The largest absolute Gasteiger partial charge is 0.473 e. The first kappa shape index (κ1) is 19.6. The van der Waals surface area contributed by atoms with Gasteiger partial charge in [0.2, 0.25) is 5.88 Å². The summed E-state index contributed by atoms with van der Waals surface area (Å²) in [7, 11) is 0. The zero-order valence-corrected chi connectivity index (χ0v) is 16.8. The van der Waals surface area contributed by atoms with Crippen molar-refractivity contribution < 1.29 is 9.13 Å². The second-order valence-electron chi connectivity index (χ2n) is 7.31. The van der Waals surface area contributed by atoms with Crippen LogP contribution < -0.4 is 10.1 Å². The van der Waals surface area contributed by atoms with Gasteiger partial charge in [-0.25, -0.2) is 14.4 Å². The topological polar surface area (TPSA) is 47.0 Å². The predicted octanol–water partition coefficient (Wildman–Crippen LogP) is 6.26. The number of pyridine rings is 2. The summed E-state index contributed by atoms with van der Waals surface area (Å²) < 4.78 is 19.1. The van der Waals surface area contributed by atoms with Crippen LogP contribution in [0.5, 0.6) is 5.88 Å². The summed E-state index contributed by atoms with van der Waals surface area (Å²) >= 11 is 6.40. The minimum absolute atomic E-state index is 0.243. The van der Waals surface area contributed by atoms with E-state index in [9.17, 15) is 4.39 Å². The van der Waals surface area contributed by atoms with Crippen molar-refractivity contribution in [3.8, 4) is 17.1 Å². The number of anilines is 1. The molecule has 6 heteroatoms. The van der Waals surface area contributed by atoms with E-state index < -0.39 is 0 Å². The van der Waals surface area contributed by atoms with Crippen LogP contribution in [0, 0.1) is 5.82 Å². The number of nitrogens with zero attached hydrogens (tertiary/aromatic N) is 2. The van der Waals surface area contributed by atoms with E-state index in [1.165, 1.54) is 44.2 Å². The number of aromatic nitrogens is 2. The second-order valence-corrected chi connectivity index (χ2v) is 7.72. The molecular weight excluding hydrogens is 389 g/mol. The number of hydrogen-bond acceptors (Lipinski definition) is 4. The van der Waals surface area contributed by atoms with Crippen molar-refractivity contribution in [2.45, 2.75) is 44.8 Å². The Morgan fingerprint density at radius 1 is 1.07 bits per heavy atom. The Bertz CT molecular complexity index is 976. The van der Waals surface area contributed by atoms with Gasteiger partial charge in [-0.2, -0.15) is 0 Å². The van der Waals surface area contributed by atoms with Crippen LogP contribution in [0.25, 0.3) is 11.3 Å². The standard InChI is InChI=1S/C23H23ClFN3O/c24-20-14-26-22(27-18-8-2-1-3-9-18)13-19(20)21-10-5-11-23(28-21)29-15-16-6-4-7-17(25)12-16/h4-7,10-14,18H,1-3,8-9,15H2,(H,26,27). The number of benzene rings is 1. The van der Waals surface area contributed by atoms with Gasteiger partial charge < -0.3 is 10.1 Å². The normalized spacial score (nSPS) is 14.6. The number of ether oxygens (including phenoxy) is 1. The van der Waals surface area contributed by atoms with Crippen molar-refractivity contribution in [2.75, 3.05) is 5.32 Å². The van der Waals surface area contributed by atoms with Gasteiger partial charge in [0, 0.05) is 23.9 Å². The Hall–Kier alpha value is -2.66. The predicted molar refractivity (Wildman–Crippen MR) is 114 cm³/mol. The van der Waals surface area contributed by atoms with Crippen molar-refractivity contribution in [3.05, 3.63) is 71.1 Å². The van der Waals surface area contributed by atoms with Crippen molar-refractivity contribution in [3.63, 3.8) is 0 Å². The van der Waals surface area contributed by atoms with Crippen LogP contribution in [0.3, 0.4) is 0 Å². The Balaban J connectivity index is 1.50. The molecule has 0 atom stereocenters. The van der Waals surface area contributed by atoms with Gasteiger partial charge in [-0.05, 0) is 42.7 Å². The molecular formula is C23H23ClFN3O. The van der Waals surface area contributed by atoms with E-state index in [4.69, 9.17) is 16.3 Å². The fourth-order valence-electron chi connectivity index (χ4n) is 3.60. The van der Waals surface area contributed by atoms with Gasteiger partial charge in [-0.3, -0.25) is 0 Å². The number of rotatable bonds is 6. The van der Waals surface area contributed by atoms with E-state index >= 15 is 0 Å². The molecule has 0 saturated heterocycles. The van der Waals surface area contributed by atoms with E-state index in [0.29, 0.717) is 22.6 Å². The van der Waals surface area contributed by atoms with E-state index in [1.807, 2.05) is 24.3 Å². The molecule has 1 aromatic carbocycles. The third-order valence-corrected chi connectivity index (χ3v) is 5.39. The molecule has 0 spiro atoms. The Labute approximate surface area is 175 Å². The number of halogens is 2. The van der Waals surface area contributed by atoms with Crippen LogP contribution >= 0.6 is 11.6 Å². The van der Waals surface area contributed by atoms with E-state index in [-0.39, 0.29) is 12.4 Å². The third kappa shape index (κ3) is 5.24. The van der Waals surface area contributed by atoms with Gasteiger partial charge in [-0.1, -0.05) is 49.1 Å². The summed E-state index contributed by atoms with van der Waals surface area (Å²) in [6.07, 6.45) is 7.81. The first-order chi connectivity index (χ1) is 14.2. The maximum atomic E-state index is 13.3. The molecule has 3 aromatic rings. The molecule has 2 heterocycles. The lowest BCUT2D eigenvalue weighted by molar-refractivity contribution is 0.293. The van der Waals surface area contributed by atoms with Crippen molar-refractivity contribution in [1.29, 1.82) is 0 Å². The Kier molecular flexibility index (Phi) is 6.25. The molecule has 150 valence electrons. The fourth-order valence-corrected chi connectivity index (χ4v) is 3.80. The molecule has 0 aliphatic heterocycles. The average Bonchev–Trinajstić information content (AvgIpc) is 2.75. The molecule has 1 fully saturated rings. The molecule has 29 heavy (non-hydrogen) atoms. The lowest BCUT2D eigenvalue weighted by Crippen LogP contribution is -2.22. The quantitative estimate of drug-likeness (QED) is 0.520. The fraction of sp³-hybridized carbons (Fsp3) is 0.304. The van der Waals surface area contributed by atoms with Crippen molar-refractivity contribution in [1.82, 2.24) is 9.97 Å². The minimum atomic E-state index is -0.283. The molecule has 0 unspecified atom stereocenters. The van der Waals surface area contributed by atoms with Gasteiger partial charge in [0.15, 0.2) is 0 Å². The zero-order valence-electron chi connectivity index (χ0n) is 16.1. The monoisotopic (exact) mass is 411 g/mol. The second kappa shape index (κ2) is 9.23. The SMILES string of the molecule is Fc1cccc(COc2cccc(-c3cc(NC4CCCCC4)ncc3Cl)n2)c1. The highest BCUT2D eigenvalue weighted by Crippen LogP contribution is 2.30. The van der Waals surface area contributed by atoms with Gasteiger partial charge in [0.1, 0.15) is 18.2 Å². The number of hydrogen-bond donors (Lipinski definition) is 1. The summed E-state index contributed by atoms with van der Waals surface area (Å²) in [5, 5.41) is 4.06. The summed E-state index contributed by atoms with van der Waals surface area (Å²) in [5.41, 5.74) is 2.26. The van der Waals surface area contributed by atoms with Crippen LogP contribution in [-0.4, -0.2) is 16.0 Å². The maximum Gasteiger partial charge on any atom is 0.214 e. The first-order valence-corrected chi connectivity index (χ1v) is 10.3. The molecule has 1 aliphatic carbocycles. The molecule has 0 bridgehead atoms. The van der Waals surface area contributed by atoms with E-state index in [0.717, 1.165) is 16.9 Å². The summed E-state index contributed by atoms with van der Waals surface area (Å²) in [4.78, 5) is 9.00. The highest BCUT2D eigenvalue weighted by atomic mass is 35.5. The third-order valence-electron chi connectivity index (χ3n) is 5.09. The zero-order chi connectivity index (χ0) is 20.1. The lowest BCUT2D eigenvalue weighted by Gasteiger charge is -2.23. The Morgan fingerprint density at radius 2 is 1.90 bits per heavy atom. The van der Waals surface area contributed by atoms with E-state index in [2.05, 4.69) is 15.3 Å². The molecule has 0 radical (unpaired) electrons. The highest BCUT2D eigenvalue weighted by Gasteiger charge is 2.15. The van der Waals surface area contributed by atoms with Crippen LogP contribution in [0.1, 0.15) is 37.7 Å². The lowest BCUT2D eigenvalue weighted by atomic mass is 9.95. The summed E-state index contributed by atoms with van der Waals surface area (Å²) in [5.74, 6) is 0.986. The maximum absolute atomic E-state index is 13.3. The van der Waals surface area contributed by atoms with Gasteiger partial charge >= 0.3 is 0 Å². The van der Waals surface area contributed by atoms with Crippen LogP contribution in [-0.2, 0) is 6.61 Å². The van der Waals surface area contributed by atoms with Gasteiger partial charge in [0.05, 0.1) is 10.7 Å². The molecule has 1 N–H and O–H groups in total. The average molecular weight is 412 g/mol. The van der Waals surface area contributed by atoms with Crippen LogP contribution in [0.15, 0.2) is 54.7 Å². The minimum Gasteiger partial charge on any atom is -0.473 e. The first-order valence-electron chi connectivity index (χ1n) is 9.94. The molecule has 2 aromatic heterocycles. The van der Waals surface area contributed by atoms with Crippen LogP contribution in [0.4, 0.5) is 10.2 Å². The van der Waals surface area contributed by atoms with Crippen molar-refractivity contribution >= 4 is 17.4 Å². The van der Waals surface area contributed by atoms with Gasteiger partial charge in [0.25, 0.3) is 0 Å². The molecule has 1 aliphatic rings. The highest BCUT2D eigenvalue weighted by molar-refractivity contribution is 6.33. The smallest absolute Gasteiger partial charge is 0.214 e. The molecule has 1 saturated carbocycles. The van der Waals surface area contributed by atoms with Crippen molar-refractivity contribution in [2.24, 2.45) is 0 Å². The van der Waals surface area contributed by atoms with Gasteiger partial charge in [-0.15, -0.1) is 0 Å². The molecule has 4 rings (SSSR count).